The molecule has 0 saturated heterocycles. The Morgan fingerprint density at radius 1 is 1.35 bits per heavy atom. The molecule has 1 aromatic carbocycles. The molecule has 1 fully saturated rings. The summed E-state index contributed by atoms with van der Waals surface area (Å²) in [7, 11) is 0. The maximum atomic E-state index is 14.5. The Morgan fingerprint density at radius 2 is 2.13 bits per heavy atom. The van der Waals surface area contributed by atoms with E-state index in [9.17, 15) is 18.0 Å². The van der Waals surface area contributed by atoms with Crippen molar-refractivity contribution >= 4 is 17.1 Å². The minimum atomic E-state index is -2.65. The van der Waals surface area contributed by atoms with Crippen molar-refractivity contribution in [3.8, 4) is 23.1 Å². The second-order valence-electron chi connectivity index (χ2n) is 7.34. The van der Waals surface area contributed by atoms with Crippen LogP contribution in [0, 0.1) is 11.7 Å². The Hall–Kier alpha value is -3.50. The van der Waals surface area contributed by atoms with Crippen LogP contribution in [0.4, 0.5) is 18.0 Å². The van der Waals surface area contributed by atoms with Gasteiger partial charge in [-0.15, -0.1) is 0 Å². The van der Waals surface area contributed by atoms with Gasteiger partial charge in [0.15, 0.2) is 17.1 Å². The predicted octanol–water partition coefficient (Wildman–Crippen LogP) is 3.50. The van der Waals surface area contributed by atoms with Gasteiger partial charge >= 0.3 is 6.03 Å². The average Bonchev–Trinajstić information content (AvgIpc) is 3.11. The second kappa shape index (κ2) is 7.97. The van der Waals surface area contributed by atoms with Gasteiger partial charge in [-0.1, -0.05) is 0 Å². The smallest absolute Gasteiger partial charge is 0.312 e. The minimum Gasteiger partial charge on any atom is -0.493 e. The Morgan fingerprint density at radius 3 is 2.81 bits per heavy atom. The molecular weight excluding hydrogens is 417 g/mol. The Kier molecular flexibility index (Phi) is 5.34. The van der Waals surface area contributed by atoms with Crippen LogP contribution in [0.2, 0.25) is 0 Å². The van der Waals surface area contributed by atoms with E-state index in [1.54, 1.807) is 19.1 Å². The van der Waals surface area contributed by atoms with Gasteiger partial charge < -0.3 is 24.9 Å². The normalized spacial score (nSPS) is 17.9. The summed E-state index contributed by atoms with van der Waals surface area (Å²) in [4.78, 5) is 19.0. The summed E-state index contributed by atoms with van der Waals surface area (Å²) in [6, 6.07) is 4.74. The molecule has 0 bridgehead atoms. The van der Waals surface area contributed by atoms with Crippen LogP contribution < -0.4 is 20.5 Å². The van der Waals surface area contributed by atoms with Crippen molar-refractivity contribution in [2.45, 2.75) is 25.3 Å². The number of fused-ring (bicyclic) bond motifs is 1. The van der Waals surface area contributed by atoms with Crippen molar-refractivity contribution in [3.63, 3.8) is 0 Å². The fourth-order valence-corrected chi connectivity index (χ4v) is 2.91. The number of alkyl halides is 2. The number of hydrogen-bond acceptors (Lipinski definition) is 6. The molecular formula is C20H19F3N4O4. The fourth-order valence-electron chi connectivity index (χ4n) is 2.91. The van der Waals surface area contributed by atoms with Gasteiger partial charge in [0.05, 0.1) is 24.8 Å². The topological polar surface area (TPSA) is 112 Å². The molecule has 3 N–H and O–H groups in total. The third-order valence-corrected chi connectivity index (χ3v) is 4.67. The van der Waals surface area contributed by atoms with Crippen molar-refractivity contribution in [2.24, 2.45) is 11.7 Å². The minimum absolute atomic E-state index is 0.0475. The number of benzene rings is 1. The molecule has 164 valence electrons. The molecule has 8 nitrogen and oxygen atoms in total. The van der Waals surface area contributed by atoms with Crippen LogP contribution >= 0.6 is 0 Å². The Labute approximate surface area is 174 Å². The number of ether oxygens (including phenoxy) is 2. The Balaban J connectivity index is 1.44. The zero-order valence-electron chi connectivity index (χ0n) is 16.4. The average molecular weight is 436 g/mol. The first-order valence-corrected chi connectivity index (χ1v) is 9.47. The van der Waals surface area contributed by atoms with Crippen molar-refractivity contribution < 1.29 is 31.9 Å². The van der Waals surface area contributed by atoms with Crippen LogP contribution in [0.5, 0.6) is 11.5 Å². The molecule has 0 spiro atoms. The summed E-state index contributed by atoms with van der Waals surface area (Å²) in [5.74, 6) is -3.68. The number of halogens is 3. The third kappa shape index (κ3) is 4.81. The van der Waals surface area contributed by atoms with E-state index in [2.05, 4.69) is 15.3 Å². The molecule has 31 heavy (non-hydrogen) atoms. The molecule has 2 amide bonds. The maximum absolute atomic E-state index is 14.5. The largest absolute Gasteiger partial charge is 0.493 e. The number of amides is 2. The number of carbonyl (C=O) groups excluding carboxylic acids is 1. The van der Waals surface area contributed by atoms with Gasteiger partial charge in [-0.25, -0.2) is 27.9 Å². The number of nitrogens with two attached hydrogens (primary N) is 1. The lowest BCUT2D eigenvalue weighted by atomic mass is 10.3. The predicted molar refractivity (Wildman–Crippen MR) is 103 cm³/mol. The van der Waals surface area contributed by atoms with Crippen molar-refractivity contribution in [2.75, 3.05) is 13.2 Å². The van der Waals surface area contributed by atoms with E-state index in [0.717, 1.165) is 6.07 Å². The number of primary amides is 1. The summed E-state index contributed by atoms with van der Waals surface area (Å²) >= 11 is 0. The van der Waals surface area contributed by atoms with E-state index in [1.165, 1.54) is 12.3 Å². The van der Waals surface area contributed by atoms with Gasteiger partial charge in [0.2, 0.25) is 5.89 Å². The van der Waals surface area contributed by atoms with Gasteiger partial charge in [0.25, 0.3) is 5.92 Å². The molecule has 2 atom stereocenters. The van der Waals surface area contributed by atoms with Gasteiger partial charge in [-0.05, 0) is 19.1 Å². The maximum Gasteiger partial charge on any atom is 0.312 e. The first-order valence-electron chi connectivity index (χ1n) is 9.47. The van der Waals surface area contributed by atoms with E-state index in [-0.39, 0.29) is 43.0 Å². The van der Waals surface area contributed by atoms with Gasteiger partial charge in [-0.2, -0.15) is 0 Å². The van der Waals surface area contributed by atoms with Crippen LogP contribution in [0.1, 0.15) is 13.3 Å². The quantitative estimate of drug-likeness (QED) is 0.559. The zero-order valence-corrected chi connectivity index (χ0v) is 16.4. The van der Waals surface area contributed by atoms with Crippen LogP contribution in [0.15, 0.2) is 34.9 Å². The molecule has 1 saturated carbocycles. The number of hydrogen-bond donors (Lipinski definition) is 2. The van der Waals surface area contributed by atoms with Gasteiger partial charge in [0, 0.05) is 18.6 Å². The number of oxazole rings is 1. The number of rotatable bonds is 8. The van der Waals surface area contributed by atoms with Crippen molar-refractivity contribution in [1.29, 1.82) is 0 Å². The number of aromatic nitrogens is 2. The van der Waals surface area contributed by atoms with E-state index < -0.39 is 23.7 Å². The van der Waals surface area contributed by atoms with E-state index in [0.29, 0.717) is 16.8 Å². The van der Waals surface area contributed by atoms with E-state index in [4.69, 9.17) is 19.6 Å². The molecule has 11 heteroatoms. The number of urea groups is 1. The number of pyridine rings is 1. The highest BCUT2D eigenvalue weighted by Gasteiger charge is 2.57. The molecule has 1 aliphatic carbocycles. The van der Waals surface area contributed by atoms with Gasteiger partial charge in [0.1, 0.15) is 23.6 Å². The molecule has 3 aromatic rings. The highest BCUT2D eigenvalue weighted by atomic mass is 19.3. The SMILES string of the molecule is C[C@@H](COc1cnc(-c2nc3ccc(OCC4CC4(F)F)cc3o2)c(F)c1)NC(N)=O. The van der Waals surface area contributed by atoms with Gasteiger partial charge in [-0.3, -0.25) is 0 Å². The zero-order chi connectivity index (χ0) is 22.2. The lowest BCUT2D eigenvalue weighted by molar-refractivity contribution is 0.0856. The molecule has 4 rings (SSSR count). The summed E-state index contributed by atoms with van der Waals surface area (Å²) < 4.78 is 56.8. The third-order valence-electron chi connectivity index (χ3n) is 4.67. The number of nitrogens with one attached hydrogen (secondary N) is 1. The van der Waals surface area contributed by atoms with E-state index >= 15 is 0 Å². The first-order chi connectivity index (χ1) is 14.7. The lowest BCUT2D eigenvalue weighted by Crippen LogP contribution is -2.40. The standard InChI is InChI=1S/C20H19F3N4O4/c1-10(26-19(24)28)8-29-13-4-14(21)17(25-7-13)18-27-15-3-2-12(5-16(15)31-18)30-9-11-6-20(11,22)23/h2-5,7,10-11H,6,8-9H2,1H3,(H3,24,26,28)/t10-,11?/m0/s1. The molecule has 1 aliphatic rings. The summed E-state index contributed by atoms with van der Waals surface area (Å²) in [5, 5.41) is 2.43. The second-order valence-corrected chi connectivity index (χ2v) is 7.34. The molecule has 1 unspecified atom stereocenters. The highest BCUT2D eigenvalue weighted by molar-refractivity contribution is 5.77. The number of carbonyl (C=O) groups is 1. The number of nitrogens with zero attached hydrogens (tertiary/aromatic N) is 2. The van der Waals surface area contributed by atoms with Crippen molar-refractivity contribution in [1.82, 2.24) is 15.3 Å². The fraction of sp³-hybridized carbons (Fsp3) is 0.350. The summed E-state index contributed by atoms with van der Waals surface area (Å²) in [5.41, 5.74) is 5.65. The monoisotopic (exact) mass is 436 g/mol. The summed E-state index contributed by atoms with van der Waals surface area (Å²) in [6.07, 6.45) is 1.13. The summed E-state index contributed by atoms with van der Waals surface area (Å²) in [6.45, 7) is 1.65. The molecule has 0 radical (unpaired) electrons. The molecule has 0 aliphatic heterocycles. The lowest BCUT2D eigenvalue weighted by Gasteiger charge is -2.13. The Bertz CT molecular complexity index is 1120. The van der Waals surface area contributed by atoms with Crippen LogP contribution in [-0.4, -0.2) is 41.2 Å². The first kappa shape index (κ1) is 20.8. The van der Waals surface area contributed by atoms with Crippen LogP contribution in [0.3, 0.4) is 0 Å². The molecule has 2 aromatic heterocycles. The van der Waals surface area contributed by atoms with Crippen molar-refractivity contribution in [3.05, 3.63) is 36.3 Å². The van der Waals surface area contributed by atoms with E-state index in [1.807, 2.05) is 0 Å². The van der Waals surface area contributed by atoms with Crippen LogP contribution in [0.25, 0.3) is 22.7 Å². The van der Waals surface area contributed by atoms with Crippen LogP contribution in [-0.2, 0) is 0 Å². The molecule has 2 heterocycles. The highest BCUT2D eigenvalue weighted by Crippen LogP contribution is 2.48.